The van der Waals surface area contributed by atoms with Gasteiger partial charge in [-0.15, -0.1) is 11.3 Å². The van der Waals surface area contributed by atoms with Crippen molar-refractivity contribution in [3.63, 3.8) is 0 Å². The zero-order valence-corrected chi connectivity index (χ0v) is 14.1. The summed E-state index contributed by atoms with van der Waals surface area (Å²) >= 11 is 1.63. The number of rotatable bonds is 3. The lowest BCUT2D eigenvalue weighted by Gasteiger charge is -2.30. The SMILES string of the molecule is Cc1nc(C)c(C(C)N2CCC(=O)NC(C(C)C)C2=O)s1. The van der Waals surface area contributed by atoms with Crippen LogP contribution in [0.3, 0.4) is 0 Å². The summed E-state index contributed by atoms with van der Waals surface area (Å²) in [6.07, 6.45) is 0.357. The Morgan fingerprint density at radius 1 is 1.29 bits per heavy atom. The van der Waals surface area contributed by atoms with Gasteiger partial charge in [0.05, 0.1) is 16.7 Å². The number of carbonyl (C=O) groups is 2. The van der Waals surface area contributed by atoms with Gasteiger partial charge in [-0.1, -0.05) is 13.8 Å². The molecule has 0 bridgehead atoms. The Hall–Kier alpha value is -1.43. The average molecular weight is 309 g/mol. The van der Waals surface area contributed by atoms with Crippen LogP contribution in [0, 0.1) is 19.8 Å². The van der Waals surface area contributed by atoms with Gasteiger partial charge in [0, 0.05) is 17.8 Å². The van der Waals surface area contributed by atoms with Gasteiger partial charge >= 0.3 is 0 Å². The average Bonchev–Trinajstić information content (AvgIpc) is 2.65. The fourth-order valence-corrected chi connectivity index (χ4v) is 3.72. The second-order valence-corrected chi connectivity index (χ2v) is 7.16. The number of aryl methyl sites for hydroxylation is 2. The van der Waals surface area contributed by atoms with Crippen LogP contribution >= 0.6 is 11.3 Å². The predicted molar refractivity (Wildman–Crippen MR) is 83.1 cm³/mol. The molecule has 2 rings (SSSR count). The maximum absolute atomic E-state index is 12.8. The number of thiazole rings is 1. The van der Waals surface area contributed by atoms with E-state index in [0.29, 0.717) is 13.0 Å². The summed E-state index contributed by atoms with van der Waals surface area (Å²) in [5.74, 6) is 0.0429. The van der Waals surface area contributed by atoms with E-state index in [9.17, 15) is 9.59 Å². The second-order valence-electron chi connectivity index (χ2n) is 5.93. The van der Waals surface area contributed by atoms with Crippen molar-refractivity contribution in [2.24, 2.45) is 5.92 Å². The first-order chi connectivity index (χ1) is 9.81. The molecule has 1 aromatic rings. The molecule has 1 N–H and O–H groups in total. The Kier molecular flexibility index (Phi) is 4.66. The number of hydrogen-bond acceptors (Lipinski definition) is 4. The molecule has 6 heteroatoms. The molecular formula is C15H23N3O2S. The lowest BCUT2D eigenvalue weighted by atomic mass is 10.0. The molecule has 1 aromatic heterocycles. The van der Waals surface area contributed by atoms with Crippen LogP contribution in [0.15, 0.2) is 0 Å². The Morgan fingerprint density at radius 3 is 2.48 bits per heavy atom. The molecular weight excluding hydrogens is 286 g/mol. The molecule has 0 aromatic carbocycles. The van der Waals surface area contributed by atoms with Crippen LogP contribution in [0.2, 0.25) is 0 Å². The summed E-state index contributed by atoms with van der Waals surface area (Å²) in [5.41, 5.74) is 0.974. The summed E-state index contributed by atoms with van der Waals surface area (Å²) in [6, 6.07) is -0.477. The minimum absolute atomic E-state index is 0.00815. The van der Waals surface area contributed by atoms with E-state index in [1.807, 2.05) is 39.5 Å². The number of aromatic nitrogens is 1. The van der Waals surface area contributed by atoms with Crippen molar-refractivity contribution in [3.8, 4) is 0 Å². The number of hydrogen-bond donors (Lipinski definition) is 1. The fraction of sp³-hybridized carbons (Fsp3) is 0.667. The van der Waals surface area contributed by atoms with Crippen molar-refractivity contribution in [1.82, 2.24) is 15.2 Å². The summed E-state index contributed by atoms with van der Waals surface area (Å²) in [4.78, 5) is 32.0. The van der Waals surface area contributed by atoms with E-state index in [1.165, 1.54) is 0 Å². The Labute approximate surface area is 129 Å². The summed E-state index contributed by atoms with van der Waals surface area (Å²) in [6.45, 7) is 10.3. The number of nitrogens with one attached hydrogen (secondary N) is 1. The third kappa shape index (κ3) is 3.26. The molecule has 2 heterocycles. The van der Waals surface area contributed by atoms with E-state index < -0.39 is 6.04 Å². The van der Waals surface area contributed by atoms with E-state index in [-0.39, 0.29) is 23.8 Å². The highest BCUT2D eigenvalue weighted by Crippen LogP contribution is 2.30. The van der Waals surface area contributed by atoms with Crippen LogP contribution in [0.4, 0.5) is 0 Å². The van der Waals surface area contributed by atoms with Gasteiger partial charge in [-0.25, -0.2) is 4.98 Å². The lowest BCUT2D eigenvalue weighted by Crippen LogP contribution is -2.48. The molecule has 0 radical (unpaired) electrons. The van der Waals surface area contributed by atoms with Crippen LogP contribution < -0.4 is 5.32 Å². The van der Waals surface area contributed by atoms with Gasteiger partial charge in [-0.2, -0.15) is 0 Å². The highest BCUT2D eigenvalue weighted by molar-refractivity contribution is 7.11. The van der Waals surface area contributed by atoms with Gasteiger partial charge in [0.15, 0.2) is 0 Å². The molecule has 1 saturated heterocycles. The molecule has 21 heavy (non-hydrogen) atoms. The van der Waals surface area contributed by atoms with Crippen molar-refractivity contribution < 1.29 is 9.59 Å². The third-order valence-electron chi connectivity index (χ3n) is 3.90. The van der Waals surface area contributed by atoms with Gasteiger partial charge in [0.2, 0.25) is 11.8 Å². The van der Waals surface area contributed by atoms with Crippen LogP contribution in [0.5, 0.6) is 0 Å². The Bertz CT molecular complexity index is 553. The molecule has 1 aliphatic rings. The monoisotopic (exact) mass is 309 g/mol. The van der Waals surface area contributed by atoms with E-state index in [1.54, 1.807) is 11.3 Å². The van der Waals surface area contributed by atoms with Gasteiger partial charge < -0.3 is 10.2 Å². The second kappa shape index (κ2) is 6.13. The van der Waals surface area contributed by atoms with Crippen LogP contribution in [0.1, 0.15) is 48.8 Å². The molecule has 116 valence electrons. The lowest BCUT2D eigenvalue weighted by molar-refractivity contribution is -0.136. The molecule has 1 aliphatic heterocycles. The van der Waals surface area contributed by atoms with Gasteiger partial charge in [-0.3, -0.25) is 9.59 Å². The molecule has 0 spiro atoms. The van der Waals surface area contributed by atoms with E-state index in [2.05, 4.69) is 10.3 Å². The number of amides is 2. The molecule has 5 nitrogen and oxygen atoms in total. The zero-order valence-electron chi connectivity index (χ0n) is 13.3. The van der Waals surface area contributed by atoms with Crippen molar-refractivity contribution in [3.05, 3.63) is 15.6 Å². The van der Waals surface area contributed by atoms with E-state index in [4.69, 9.17) is 0 Å². The Morgan fingerprint density at radius 2 is 1.95 bits per heavy atom. The molecule has 0 saturated carbocycles. The van der Waals surface area contributed by atoms with Crippen LogP contribution in [0.25, 0.3) is 0 Å². The first kappa shape index (κ1) is 15.9. The molecule has 1 fully saturated rings. The quantitative estimate of drug-likeness (QED) is 0.931. The summed E-state index contributed by atoms with van der Waals surface area (Å²) in [5, 5.41) is 3.85. The van der Waals surface area contributed by atoms with E-state index in [0.717, 1.165) is 15.6 Å². The van der Waals surface area contributed by atoms with Crippen molar-refractivity contribution in [2.45, 2.75) is 53.1 Å². The highest BCUT2D eigenvalue weighted by atomic mass is 32.1. The van der Waals surface area contributed by atoms with Gasteiger partial charge in [0.1, 0.15) is 6.04 Å². The maximum atomic E-state index is 12.8. The van der Waals surface area contributed by atoms with Crippen LogP contribution in [-0.2, 0) is 9.59 Å². The number of carbonyl (C=O) groups excluding carboxylic acids is 2. The van der Waals surface area contributed by atoms with Crippen LogP contribution in [-0.4, -0.2) is 34.3 Å². The standard InChI is InChI=1S/C15H23N3O2S/c1-8(2)13-15(20)18(7-6-12(19)17-13)10(4)14-9(3)16-11(5)21-14/h8,10,13H,6-7H2,1-5H3,(H,17,19). The normalized spacial score (nSPS) is 21.4. The predicted octanol–water partition coefficient (Wildman–Crippen LogP) is 2.19. The first-order valence-corrected chi connectivity index (χ1v) is 8.16. The fourth-order valence-electron chi connectivity index (χ4n) is 2.73. The molecule has 2 atom stereocenters. The summed E-state index contributed by atoms with van der Waals surface area (Å²) < 4.78 is 0. The minimum atomic E-state index is -0.434. The Balaban J connectivity index is 2.30. The van der Waals surface area contributed by atoms with E-state index >= 15 is 0 Å². The van der Waals surface area contributed by atoms with Gasteiger partial charge in [0.25, 0.3) is 0 Å². The molecule has 0 aliphatic carbocycles. The van der Waals surface area contributed by atoms with Gasteiger partial charge in [-0.05, 0) is 26.7 Å². The third-order valence-corrected chi connectivity index (χ3v) is 5.14. The maximum Gasteiger partial charge on any atom is 0.245 e. The topological polar surface area (TPSA) is 62.3 Å². The molecule has 2 unspecified atom stereocenters. The number of nitrogens with zero attached hydrogens (tertiary/aromatic N) is 2. The first-order valence-electron chi connectivity index (χ1n) is 7.35. The van der Waals surface area contributed by atoms with Crippen molar-refractivity contribution in [2.75, 3.05) is 6.54 Å². The minimum Gasteiger partial charge on any atom is -0.344 e. The largest absolute Gasteiger partial charge is 0.344 e. The highest BCUT2D eigenvalue weighted by Gasteiger charge is 2.35. The zero-order chi connectivity index (χ0) is 15.7. The smallest absolute Gasteiger partial charge is 0.245 e. The van der Waals surface area contributed by atoms with Crippen molar-refractivity contribution >= 4 is 23.2 Å². The summed E-state index contributed by atoms with van der Waals surface area (Å²) in [7, 11) is 0. The van der Waals surface area contributed by atoms with Crippen molar-refractivity contribution in [1.29, 1.82) is 0 Å². The molecule has 2 amide bonds.